The summed E-state index contributed by atoms with van der Waals surface area (Å²) in [4.78, 5) is 12.1. The second kappa shape index (κ2) is 5.77. The molecular formula is C18H14O4. The molecule has 4 nitrogen and oxygen atoms in total. The maximum absolute atomic E-state index is 12.1. The number of phenolic OH excluding ortho intramolecular Hbond substituents is 1. The van der Waals surface area contributed by atoms with E-state index < -0.39 is 0 Å². The largest absolute Gasteiger partial charge is 0.508 e. The van der Waals surface area contributed by atoms with Crippen LogP contribution in [-0.2, 0) is 0 Å². The highest BCUT2D eigenvalue weighted by Crippen LogP contribution is 2.33. The Morgan fingerprint density at radius 2 is 2.00 bits per heavy atom. The molecule has 1 aliphatic heterocycles. The van der Waals surface area contributed by atoms with E-state index in [0.717, 1.165) is 11.3 Å². The first-order chi connectivity index (χ1) is 10.7. The molecule has 1 N–H and O–H groups in total. The number of carbonyl (C=O) groups is 1. The monoisotopic (exact) mass is 294 g/mol. The molecule has 0 saturated heterocycles. The molecule has 0 radical (unpaired) electrons. The van der Waals surface area contributed by atoms with Gasteiger partial charge in [0.1, 0.15) is 17.2 Å². The van der Waals surface area contributed by atoms with Crippen LogP contribution in [0.5, 0.6) is 17.2 Å². The number of fused-ring (bicyclic) bond motifs is 1. The number of phenols is 1. The molecule has 0 bridgehead atoms. The molecule has 110 valence electrons. The van der Waals surface area contributed by atoms with Crippen LogP contribution in [-0.4, -0.2) is 18.0 Å². The van der Waals surface area contributed by atoms with Crippen LogP contribution in [0.15, 0.2) is 60.4 Å². The molecule has 0 unspecified atom stereocenters. The van der Waals surface area contributed by atoms with Gasteiger partial charge in [-0.05, 0) is 24.3 Å². The second-order valence-corrected chi connectivity index (χ2v) is 4.74. The molecule has 1 heterocycles. The molecule has 1 aliphatic rings. The van der Waals surface area contributed by atoms with Gasteiger partial charge in [0.2, 0.25) is 5.78 Å². The van der Waals surface area contributed by atoms with Gasteiger partial charge < -0.3 is 14.6 Å². The number of rotatable bonds is 3. The minimum atomic E-state index is -0.195. The summed E-state index contributed by atoms with van der Waals surface area (Å²) in [6.07, 6.45) is 5.17. The Balaban J connectivity index is 1.83. The summed E-state index contributed by atoms with van der Waals surface area (Å²) in [5.41, 5.74) is 1.36. The number of Topliss-reactive ketones (excluding diaryl/α,β-unsaturated/α-hetero) is 1. The standard InChI is InChI=1S/C18H14O4/c1-21-15-7-3-2-5-12(15)6-4-8-16-18(20)14-10-9-13(19)11-17(14)22-16/h2-11,19H,1H3/b6-4+,16-8+. The topological polar surface area (TPSA) is 55.8 Å². The third-order valence-electron chi connectivity index (χ3n) is 3.32. The SMILES string of the molecule is COc1ccccc1/C=C/C=C1/Oc2cc(O)ccc2C1=O. The number of allylic oxidation sites excluding steroid dienone is 3. The van der Waals surface area contributed by atoms with E-state index in [1.54, 1.807) is 25.3 Å². The summed E-state index contributed by atoms with van der Waals surface area (Å²) < 4.78 is 10.7. The van der Waals surface area contributed by atoms with Gasteiger partial charge in [-0.25, -0.2) is 0 Å². The van der Waals surface area contributed by atoms with Crippen molar-refractivity contribution in [1.29, 1.82) is 0 Å². The van der Waals surface area contributed by atoms with Crippen LogP contribution in [0.2, 0.25) is 0 Å². The van der Waals surface area contributed by atoms with Gasteiger partial charge in [-0.3, -0.25) is 4.79 Å². The zero-order chi connectivity index (χ0) is 15.5. The molecule has 0 aromatic heterocycles. The molecule has 0 atom stereocenters. The van der Waals surface area contributed by atoms with Gasteiger partial charge in [-0.1, -0.05) is 30.4 Å². The molecule has 22 heavy (non-hydrogen) atoms. The highest BCUT2D eigenvalue weighted by atomic mass is 16.5. The third kappa shape index (κ3) is 2.59. The van der Waals surface area contributed by atoms with Gasteiger partial charge >= 0.3 is 0 Å². The molecule has 3 rings (SSSR count). The Morgan fingerprint density at radius 1 is 1.18 bits per heavy atom. The maximum atomic E-state index is 12.1. The number of carbonyl (C=O) groups excluding carboxylic acids is 1. The lowest BCUT2D eigenvalue weighted by Crippen LogP contribution is -1.97. The maximum Gasteiger partial charge on any atom is 0.231 e. The lowest BCUT2D eigenvalue weighted by Gasteiger charge is -2.02. The quantitative estimate of drug-likeness (QED) is 0.879. The van der Waals surface area contributed by atoms with Gasteiger partial charge in [0.05, 0.1) is 12.7 Å². The van der Waals surface area contributed by atoms with E-state index in [1.165, 1.54) is 12.1 Å². The van der Waals surface area contributed by atoms with Crippen LogP contribution in [0.3, 0.4) is 0 Å². The van der Waals surface area contributed by atoms with Crippen molar-refractivity contribution >= 4 is 11.9 Å². The predicted molar refractivity (Wildman–Crippen MR) is 83.2 cm³/mol. The number of ether oxygens (including phenoxy) is 2. The highest BCUT2D eigenvalue weighted by Gasteiger charge is 2.26. The normalized spacial score (nSPS) is 15.1. The number of para-hydroxylation sites is 1. The smallest absolute Gasteiger partial charge is 0.231 e. The van der Waals surface area contributed by atoms with Gasteiger partial charge in [0.25, 0.3) is 0 Å². The highest BCUT2D eigenvalue weighted by molar-refractivity contribution is 6.12. The van der Waals surface area contributed by atoms with E-state index in [-0.39, 0.29) is 17.3 Å². The third-order valence-corrected chi connectivity index (χ3v) is 3.32. The van der Waals surface area contributed by atoms with Crippen LogP contribution < -0.4 is 9.47 Å². The average molecular weight is 294 g/mol. The van der Waals surface area contributed by atoms with Crippen molar-refractivity contribution < 1.29 is 19.4 Å². The van der Waals surface area contributed by atoms with E-state index in [0.29, 0.717) is 11.3 Å². The molecule has 4 heteroatoms. The zero-order valence-electron chi connectivity index (χ0n) is 11.9. The van der Waals surface area contributed by atoms with E-state index >= 15 is 0 Å². The van der Waals surface area contributed by atoms with Crippen molar-refractivity contribution in [2.75, 3.05) is 7.11 Å². The molecule has 2 aromatic carbocycles. The Labute approximate surface area is 127 Å². The van der Waals surface area contributed by atoms with Crippen molar-refractivity contribution in [3.05, 3.63) is 71.5 Å². The van der Waals surface area contributed by atoms with Gasteiger partial charge in [-0.2, -0.15) is 0 Å². The van der Waals surface area contributed by atoms with Crippen LogP contribution >= 0.6 is 0 Å². The van der Waals surface area contributed by atoms with Crippen LogP contribution in [0.25, 0.3) is 6.08 Å². The van der Waals surface area contributed by atoms with Crippen molar-refractivity contribution in [2.24, 2.45) is 0 Å². The number of ketones is 1. The summed E-state index contributed by atoms with van der Waals surface area (Å²) in [7, 11) is 1.61. The summed E-state index contributed by atoms with van der Waals surface area (Å²) in [5, 5.41) is 9.41. The molecule has 0 fully saturated rings. The number of aromatic hydroxyl groups is 1. The van der Waals surface area contributed by atoms with Crippen molar-refractivity contribution in [3.63, 3.8) is 0 Å². The fraction of sp³-hybridized carbons (Fsp3) is 0.0556. The fourth-order valence-electron chi connectivity index (χ4n) is 2.23. The van der Waals surface area contributed by atoms with Gasteiger partial charge in [0.15, 0.2) is 5.76 Å². The Kier molecular flexibility index (Phi) is 3.66. The van der Waals surface area contributed by atoms with Crippen molar-refractivity contribution in [2.45, 2.75) is 0 Å². The molecule has 0 spiro atoms. The first-order valence-electron chi connectivity index (χ1n) is 6.76. The molecule has 0 amide bonds. The second-order valence-electron chi connectivity index (χ2n) is 4.74. The van der Waals surface area contributed by atoms with E-state index in [9.17, 15) is 9.90 Å². The van der Waals surface area contributed by atoms with E-state index in [1.807, 2.05) is 30.3 Å². The van der Waals surface area contributed by atoms with E-state index in [4.69, 9.17) is 9.47 Å². The summed E-state index contributed by atoms with van der Waals surface area (Å²) in [6, 6.07) is 12.0. The lowest BCUT2D eigenvalue weighted by molar-refractivity contribution is 0.101. The molecule has 0 aliphatic carbocycles. The molecule has 0 saturated carbocycles. The summed E-state index contributed by atoms with van der Waals surface area (Å²) in [5.74, 6) is 1.23. The number of hydrogen-bond donors (Lipinski definition) is 1. The van der Waals surface area contributed by atoms with E-state index in [2.05, 4.69) is 0 Å². The minimum absolute atomic E-state index is 0.0670. The first kappa shape index (κ1) is 13.9. The number of hydrogen-bond acceptors (Lipinski definition) is 4. The minimum Gasteiger partial charge on any atom is -0.508 e. The fourth-order valence-corrected chi connectivity index (χ4v) is 2.23. The first-order valence-corrected chi connectivity index (χ1v) is 6.76. The average Bonchev–Trinajstić information content (AvgIpc) is 2.83. The lowest BCUT2D eigenvalue weighted by atomic mass is 10.1. The Hall–Kier alpha value is -3.01. The Bertz CT molecular complexity index is 787. The van der Waals surface area contributed by atoms with Gasteiger partial charge in [-0.15, -0.1) is 0 Å². The van der Waals surface area contributed by atoms with Crippen molar-refractivity contribution in [1.82, 2.24) is 0 Å². The summed E-state index contributed by atoms with van der Waals surface area (Å²) >= 11 is 0. The molecule has 2 aromatic rings. The number of methoxy groups -OCH3 is 1. The number of benzene rings is 2. The molecular weight excluding hydrogens is 280 g/mol. The predicted octanol–water partition coefficient (Wildman–Crippen LogP) is 3.57. The zero-order valence-corrected chi connectivity index (χ0v) is 11.9. The van der Waals surface area contributed by atoms with Crippen LogP contribution in [0.1, 0.15) is 15.9 Å². The Morgan fingerprint density at radius 3 is 2.82 bits per heavy atom. The summed E-state index contributed by atoms with van der Waals surface area (Å²) in [6.45, 7) is 0. The van der Waals surface area contributed by atoms with Crippen LogP contribution in [0, 0.1) is 0 Å². The van der Waals surface area contributed by atoms with Crippen LogP contribution in [0.4, 0.5) is 0 Å². The van der Waals surface area contributed by atoms with Crippen molar-refractivity contribution in [3.8, 4) is 17.2 Å². The van der Waals surface area contributed by atoms with Gasteiger partial charge in [0, 0.05) is 11.6 Å².